The fourth-order valence-electron chi connectivity index (χ4n) is 4.30. The van der Waals surface area contributed by atoms with E-state index in [0.29, 0.717) is 13.0 Å². The van der Waals surface area contributed by atoms with E-state index in [1.54, 1.807) is 6.07 Å². The number of rotatable bonds is 3. The molecule has 0 aromatic carbocycles. The Bertz CT molecular complexity index is 878. The summed E-state index contributed by atoms with van der Waals surface area (Å²) in [6, 6.07) is 1.68. The van der Waals surface area contributed by atoms with Gasteiger partial charge in [-0.2, -0.15) is 10.1 Å². The molecule has 4 heterocycles. The molecule has 2 aliphatic heterocycles. The van der Waals surface area contributed by atoms with Gasteiger partial charge in [0.05, 0.1) is 12.1 Å². The first-order valence-electron chi connectivity index (χ1n) is 9.42. The van der Waals surface area contributed by atoms with E-state index in [1.807, 2.05) is 18.7 Å². The summed E-state index contributed by atoms with van der Waals surface area (Å²) in [5.41, 5.74) is 3.76. The highest BCUT2D eigenvalue weighted by Crippen LogP contribution is 2.29. The molecule has 0 radical (unpaired) electrons. The number of fused-ring (bicyclic) bond motifs is 1. The lowest BCUT2D eigenvalue weighted by Crippen LogP contribution is -2.41. The van der Waals surface area contributed by atoms with Gasteiger partial charge in [-0.1, -0.05) is 0 Å². The van der Waals surface area contributed by atoms with Crippen molar-refractivity contribution >= 4 is 5.91 Å². The van der Waals surface area contributed by atoms with Crippen LogP contribution in [-0.2, 0) is 24.2 Å². The number of aromatic amines is 1. The van der Waals surface area contributed by atoms with Gasteiger partial charge in [-0.15, -0.1) is 0 Å². The molecule has 26 heavy (non-hydrogen) atoms. The van der Waals surface area contributed by atoms with Crippen LogP contribution in [0, 0.1) is 13.8 Å². The number of carbonyl (C=O) groups excluding carboxylic acids is 1. The van der Waals surface area contributed by atoms with Gasteiger partial charge in [-0.05, 0) is 33.1 Å². The van der Waals surface area contributed by atoms with E-state index < -0.39 is 0 Å². The zero-order valence-electron chi connectivity index (χ0n) is 15.4. The van der Waals surface area contributed by atoms with Gasteiger partial charge in [0.2, 0.25) is 5.91 Å². The Morgan fingerprint density at radius 3 is 2.92 bits per heavy atom. The number of carbonyl (C=O) groups is 1. The predicted molar refractivity (Wildman–Crippen MR) is 97.1 cm³/mol. The molecule has 0 bridgehead atoms. The van der Waals surface area contributed by atoms with Crippen LogP contribution in [0.1, 0.15) is 53.7 Å². The Balaban J connectivity index is 1.53. The highest BCUT2D eigenvalue weighted by molar-refractivity contribution is 5.79. The zero-order chi connectivity index (χ0) is 18.3. The highest BCUT2D eigenvalue weighted by Gasteiger charge is 2.29. The summed E-state index contributed by atoms with van der Waals surface area (Å²) in [6.07, 6.45) is 4.27. The molecule has 7 heteroatoms. The summed E-state index contributed by atoms with van der Waals surface area (Å²) in [5.74, 6) is 1.26. The molecule has 0 aliphatic carbocycles. The summed E-state index contributed by atoms with van der Waals surface area (Å²) >= 11 is 0. The number of nitrogens with one attached hydrogen (secondary N) is 1. The summed E-state index contributed by atoms with van der Waals surface area (Å²) in [6.45, 7) is 6.27. The van der Waals surface area contributed by atoms with Crippen LogP contribution in [0.3, 0.4) is 0 Å². The molecular weight excluding hydrogens is 330 g/mol. The first kappa shape index (κ1) is 17.0. The molecule has 1 N–H and O–H groups in total. The van der Waals surface area contributed by atoms with E-state index in [9.17, 15) is 9.59 Å². The minimum atomic E-state index is -0.152. The molecule has 2 aliphatic rings. The smallest absolute Gasteiger partial charge is 0.273 e. The van der Waals surface area contributed by atoms with E-state index in [2.05, 4.69) is 19.7 Å². The summed E-state index contributed by atoms with van der Waals surface area (Å²) in [5, 5.41) is 7.13. The van der Waals surface area contributed by atoms with Crippen LogP contribution >= 0.6 is 0 Å². The van der Waals surface area contributed by atoms with Crippen molar-refractivity contribution in [3.63, 3.8) is 0 Å². The molecule has 0 saturated carbocycles. The van der Waals surface area contributed by atoms with Crippen LogP contribution in [0.25, 0.3) is 0 Å². The number of H-pyrrole nitrogens is 1. The van der Waals surface area contributed by atoms with Crippen molar-refractivity contribution in [2.75, 3.05) is 13.1 Å². The molecule has 1 fully saturated rings. The van der Waals surface area contributed by atoms with Gasteiger partial charge in [-0.25, -0.2) is 0 Å². The normalized spacial score (nSPS) is 19.6. The van der Waals surface area contributed by atoms with Crippen LogP contribution in [0.15, 0.2) is 10.9 Å². The second-order valence-corrected chi connectivity index (χ2v) is 7.46. The SMILES string of the molecule is Cc1n[nH]c(C)c1CC(=O)N1CCC[C@H](c2cc(=O)nc3n2CCC3)C1. The molecule has 4 rings (SSSR count). The van der Waals surface area contributed by atoms with E-state index in [-0.39, 0.29) is 17.4 Å². The fraction of sp³-hybridized carbons (Fsp3) is 0.579. The Kier molecular flexibility index (Phi) is 4.38. The zero-order valence-corrected chi connectivity index (χ0v) is 15.4. The van der Waals surface area contributed by atoms with Gasteiger partial charge in [-0.3, -0.25) is 14.7 Å². The maximum atomic E-state index is 12.9. The molecule has 0 unspecified atom stereocenters. The second kappa shape index (κ2) is 6.70. The molecule has 1 amide bonds. The van der Waals surface area contributed by atoms with Gasteiger partial charge in [0.1, 0.15) is 5.82 Å². The molecule has 138 valence electrons. The fourth-order valence-corrected chi connectivity index (χ4v) is 4.30. The summed E-state index contributed by atoms with van der Waals surface area (Å²) < 4.78 is 2.20. The summed E-state index contributed by atoms with van der Waals surface area (Å²) in [7, 11) is 0. The van der Waals surface area contributed by atoms with Crippen molar-refractivity contribution in [2.45, 2.75) is 58.4 Å². The average molecular weight is 355 g/mol. The van der Waals surface area contributed by atoms with Crippen molar-refractivity contribution in [1.82, 2.24) is 24.6 Å². The number of nitrogens with zero attached hydrogens (tertiary/aromatic N) is 4. The average Bonchev–Trinajstić information content (AvgIpc) is 3.22. The van der Waals surface area contributed by atoms with Crippen LogP contribution < -0.4 is 5.56 Å². The van der Waals surface area contributed by atoms with Crippen LogP contribution in [0.4, 0.5) is 0 Å². The van der Waals surface area contributed by atoms with Crippen molar-refractivity contribution in [2.24, 2.45) is 0 Å². The van der Waals surface area contributed by atoms with Crippen LogP contribution in [0.2, 0.25) is 0 Å². The lowest BCUT2D eigenvalue weighted by Gasteiger charge is -2.34. The molecule has 1 saturated heterocycles. The molecule has 7 nitrogen and oxygen atoms in total. The number of hydrogen-bond donors (Lipinski definition) is 1. The molecule has 2 aromatic heterocycles. The Morgan fingerprint density at radius 2 is 2.15 bits per heavy atom. The molecule has 2 aromatic rings. The van der Waals surface area contributed by atoms with Crippen molar-refractivity contribution < 1.29 is 4.79 Å². The second-order valence-electron chi connectivity index (χ2n) is 7.46. The standard InChI is InChI=1S/C19H25N5O2/c1-12-15(13(2)22-21-12)9-19(26)23-7-3-5-14(11-23)16-10-18(25)20-17-6-4-8-24(16)17/h10,14H,3-9,11H2,1-2H3,(H,21,22)/t14-/m0/s1. The lowest BCUT2D eigenvalue weighted by atomic mass is 9.93. The number of aryl methyl sites for hydroxylation is 3. The minimum absolute atomic E-state index is 0.139. The number of likely N-dealkylation sites (tertiary alicyclic amines) is 1. The van der Waals surface area contributed by atoms with Gasteiger partial charge >= 0.3 is 0 Å². The lowest BCUT2D eigenvalue weighted by molar-refractivity contribution is -0.131. The molecule has 1 atom stereocenters. The third-order valence-electron chi connectivity index (χ3n) is 5.72. The number of hydrogen-bond acceptors (Lipinski definition) is 4. The maximum Gasteiger partial charge on any atom is 0.273 e. The Morgan fingerprint density at radius 1 is 1.31 bits per heavy atom. The monoisotopic (exact) mass is 355 g/mol. The van der Waals surface area contributed by atoms with E-state index in [1.165, 1.54) is 0 Å². The summed E-state index contributed by atoms with van der Waals surface area (Å²) in [4.78, 5) is 30.9. The van der Waals surface area contributed by atoms with E-state index >= 15 is 0 Å². The van der Waals surface area contributed by atoms with Gasteiger partial charge in [0, 0.05) is 55.0 Å². The number of piperidine rings is 1. The maximum absolute atomic E-state index is 12.9. The minimum Gasteiger partial charge on any atom is -0.342 e. The molecular formula is C19H25N5O2. The van der Waals surface area contributed by atoms with Gasteiger partial charge in [0.15, 0.2) is 0 Å². The van der Waals surface area contributed by atoms with Crippen molar-refractivity contribution in [1.29, 1.82) is 0 Å². The van der Waals surface area contributed by atoms with Crippen LogP contribution in [0.5, 0.6) is 0 Å². The van der Waals surface area contributed by atoms with E-state index in [4.69, 9.17) is 0 Å². The number of aromatic nitrogens is 4. The van der Waals surface area contributed by atoms with Crippen molar-refractivity contribution in [3.05, 3.63) is 44.9 Å². The van der Waals surface area contributed by atoms with E-state index in [0.717, 1.165) is 67.2 Å². The third kappa shape index (κ3) is 3.06. The first-order valence-corrected chi connectivity index (χ1v) is 9.42. The quantitative estimate of drug-likeness (QED) is 0.904. The predicted octanol–water partition coefficient (Wildman–Crippen LogP) is 1.48. The number of amides is 1. The topological polar surface area (TPSA) is 83.9 Å². The first-order chi connectivity index (χ1) is 12.5. The van der Waals surface area contributed by atoms with Crippen molar-refractivity contribution in [3.8, 4) is 0 Å². The van der Waals surface area contributed by atoms with Gasteiger partial charge in [0.25, 0.3) is 5.56 Å². The van der Waals surface area contributed by atoms with Crippen LogP contribution in [-0.4, -0.2) is 43.6 Å². The molecule has 0 spiro atoms. The third-order valence-corrected chi connectivity index (χ3v) is 5.72. The largest absolute Gasteiger partial charge is 0.342 e. The Labute approximate surface area is 152 Å². The highest BCUT2D eigenvalue weighted by atomic mass is 16.2. The van der Waals surface area contributed by atoms with Gasteiger partial charge < -0.3 is 9.47 Å². The Hall–Kier alpha value is -2.44.